The lowest BCUT2D eigenvalue weighted by Crippen LogP contribution is -2.43. The summed E-state index contributed by atoms with van der Waals surface area (Å²) in [5.41, 5.74) is 1.75. The molecular formula is C15H20BrN3O2. The summed E-state index contributed by atoms with van der Waals surface area (Å²) in [6.07, 6.45) is 3.62. The molecule has 1 saturated heterocycles. The number of carbonyl (C=O) groups excluding carboxylic acids is 2. The van der Waals surface area contributed by atoms with Crippen molar-refractivity contribution in [2.24, 2.45) is 0 Å². The molecule has 1 aromatic carbocycles. The number of hydrogen-bond donors (Lipinski definition) is 2. The number of halogens is 1. The third-order valence-corrected chi connectivity index (χ3v) is 4.24. The molecule has 1 fully saturated rings. The fourth-order valence-corrected chi connectivity index (χ4v) is 2.97. The molecule has 1 aliphatic rings. The van der Waals surface area contributed by atoms with Crippen molar-refractivity contribution in [3.05, 3.63) is 28.2 Å². The van der Waals surface area contributed by atoms with E-state index in [1.165, 1.54) is 0 Å². The predicted molar refractivity (Wildman–Crippen MR) is 85.9 cm³/mol. The maximum Gasteiger partial charge on any atom is 0.237 e. The lowest BCUT2D eigenvalue weighted by molar-refractivity contribution is -0.125. The minimum atomic E-state index is -0.111. The number of anilines is 1. The summed E-state index contributed by atoms with van der Waals surface area (Å²) < 4.78 is 0.908. The highest BCUT2D eigenvalue weighted by atomic mass is 79.9. The van der Waals surface area contributed by atoms with Gasteiger partial charge in [0.1, 0.15) is 0 Å². The van der Waals surface area contributed by atoms with E-state index in [1.54, 1.807) is 0 Å². The van der Waals surface area contributed by atoms with Crippen molar-refractivity contribution >= 4 is 33.9 Å². The van der Waals surface area contributed by atoms with Crippen LogP contribution in [0.25, 0.3) is 0 Å². The topological polar surface area (TPSA) is 61.4 Å². The summed E-state index contributed by atoms with van der Waals surface area (Å²) in [4.78, 5) is 24.8. The van der Waals surface area contributed by atoms with Gasteiger partial charge in [-0.1, -0.05) is 22.0 Å². The van der Waals surface area contributed by atoms with E-state index in [1.807, 2.05) is 30.1 Å². The van der Waals surface area contributed by atoms with Crippen molar-refractivity contribution in [3.63, 3.8) is 0 Å². The Morgan fingerprint density at radius 2 is 2.29 bits per heavy atom. The second-order valence-electron chi connectivity index (χ2n) is 5.28. The minimum absolute atomic E-state index is 0.0945. The molecule has 0 spiro atoms. The number of nitrogens with one attached hydrogen (secondary N) is 2. The average Bonchev–Trinajstić information content (AvgIpc) is 2.67. The first-order valence-electron chi connectivity index (χ1n) is 7.08. The molecule has 1 heterocycles. The van der Waals surface area contributed by atoms with Crippen LogP contribution in [0.3, 0.4) is 0 Å². The van der Waals surface area contributed by atoms with Gasteiger partial charge in [0.15, 0.2) is 0 Å². The van der Waals surface area contributed by atoms with Crippen molar-refractivity contribution in [2.75, 3.05) is 18.9 Å². The van der Waals surface area contributed by atoms with Crippen molar-refractivity contribution in [1.29, 1.82) is 0 Å². The summed E-state index contributed by atoms with van der Waals surface area (Å²) in [6, 6.07) is 5.65. The summed E-state index contributed by atoms with van der Waals surface area (Å²) >= 11 is 3.40. The van der Waals surface area contributed by atoms with Crippen molar-refractivity contribution in [1.82, 2.24) is 10.2 Å². The first-order valence-corrected chi connectivity index (χ1v) is 7.87. The van der Waals surface area contributed by atoms with Crippen molar-refractivity contribution in [2.45, 2.75) is 31.8 Å². The van der Waals surface area contributed by atoms with E-state index < -0.39 is 0 Å². The molecule has 1 unspecified atom stereocenters. The molecule has 0 bridgehead atoms. The summed E-state index contributed by atoms with van der Waals surface area (Å²) in [5.74, 6) is 0.0945. The molecular weight excluding hydrogens is 334 g/mol. The van der Waals surface area contributed by atoms with Gasteiger partial charge >= 0.3 is 0 Å². The van der Waals surface area contributed by atoms with E-state index in [9.17, 15) is 9.59 Å². The van der Waals surface area contributed by atoms with Crippen LogP contribution in [0.4, 0.5) is 5.69 Å². The van der Waals surface area contributed by atoms with Gasteiger partial charge in [-0.15, -0.1) is 0 Å². The SMILES string of the molecule is CN(Cc1ccc(Br)cc1NC=O)C1CCCCNC1=O. The largest absolute Gasteiger partial charge is 0.355 e. The van der Waals surface area contributed by atoms with Gasteiger partial charge in [-0.25, -0.2) is 0 Å². The van der Waals surface area contributed by atoms with Crippen LogP contribution in [-0.2, 0) is 16.1 Å². The van der Waals surface area contributed by atoms with Crippen LogP contribution < -0.4 is 10.6 Å². The van der Waals surface area contributed by atoms with Crippen LogP contribution in [-0.4, -0.2) is 36.9 Å². The highest BCUT2D eigenvalue weighted by molar-refractivity contribution is 9.10. The van der Waals surface area contributed by atoms with Gasteiger partial charge < -0.3 is 10.6 Å². The lowest BCUT2D eigenvalue weighted by atomic mass is 10.1. The summed E-state index contributed by atoms with van der Waals surface area (Å²) in [6.45, 7) is 1.38. The molecule has 114 valence electrons. The van der Waals surface area contributed by atoms with E-state index in [0.29, 0.717) is 13.0 Å². The van der Waals surface area contributed by atoms with Crippen molar-refractivity contribution < 1.29 is 9.59 Å². The normalized spacial score (nSPS) is 19.0. The first kappa shape index (κ1) is 16.0. The van der Waals surface area contributed by atoms with Crippen LogP contribution in [0.2, 0.25) is 0 Å². The van der Waals surface area contributed by atoms with Crippen LogP contribution in [0.15, 0.2) is 22.7 Å². The van der Waals surface area contributed by atoms with Crippen LogP contribution >= 0.6 is 15.9 Å². The number of amides is 2. The lowest BCUT2D eigenvalue weighted by Gasteiger charge is -2.26. The molecule has 2 amide bonds. The zero-order chi connectivity index (χ0) is 15.2. The number of likely N-dealkylation sites (N-methyl/N-ethyl adjacent to an activating group) is 1. The van der Waals surface area contributed by atoms with E-state index in [2.05, 4.69) is 26.6 Å². The standard InChI is InChI=1S/C15H20BrN3O2/c1-19(14-4-2-3-7-17-15(14)21)9-11-5-6-12(16)8-13(11)18-10-20/h5-6,8,10,14H,2-4,7,9H2,1H3,(H,17,21)(H,18,20). The molecule has 0 saturated carbocycles. The Balaban J connectivity index is 2.12. The molecule has 0 radical (unpaired) electrons. The van der Waals surface area contributed by atoms with E-state index in [4.69, 9.17) is 0 Å². The minimum Gasteiger partial charge on any atom is -0.355 e. The Hall–Kier alpha value is -1.40. The molecule has 1 aromatic rings. The number of benzene rings is 1. The fourth-order valence-electron chi connectivity index (χ4n) is 2.61. The molecule has 1 atom stereocenters. The van der Waals surface area contributed by atoms with E-state index >= 15 is 0 Å². The number of hydrogen-bond acceptors (Lipinski definition) is 3. The van der Waals surface area contributed by atoms with Gasteiger partial charge in [0.05, 0.1) is 6.04 Å². The Labute approximate surface area is 133 Å². The number of rotatable bonds is 5. The van der Waals surface area contributed by atoms with E-state index in [-0.39, 0.29) is 11.9 Å². The van der Waals surface area contributed by atoms with E-state index in [0.717, 1.165) is 41.5 Å². The van der Waals surface area contributed by atoms with Gasteiger partial charge in [-0.2, -0.15) is 0 Å². The van der Waals surface area contributed by atoms with Crippen LogP contribution in [0, 0.1) is 0 Å². The average molecular weight is 354 g/mol. The quantitative estimate of drug-likeness (QED) is 0.797. The third kappa shape index (κ3) is 4.28. The summed E-state index contributed by atoms with van der Waals surface area (Å²) in [5, 5.41) is 5.66. The highest BCUT2D eigenvalue weighted by Gasteiger charge is 2.25. The van der Waals surface area contributed by atoms with Gasteiger partial charge in [-0.3, -0.25) is 14.5 Å². The van der Waals surface area contributed by atoms with Crippen LogP contribution in [0.5, 0.6) is 0 Å². The van der Waals surface area contributed by atoms with Gasteiger partial charge in [0.2, 0.25) is 12.3 Å². The maximum absolute atomic E-state index is 12.1. The molecule has 0 aromatic heterocycles. The molecule has 5 nitrogen and oxygen atoms in total. The third-order valence-electron chi connectivity index (χ3n) is 3.74. The van der Waals surface area contributed by atoms with Gasteiger partial charge in [0, 0.05) is 23.2 Å². The Kier molecular flexibility index (Phi) is 5.76. The molecule has 21 heavy (non-hydrogen) atoms. The van der Waals surface area contributed by atoms with Crippen molar-refractivity contribution in [3.8, 4) is 0 Å². The number of nitrogens with zero attached hydrogens (tertiary/aromatic N) is 1. The molecule has 6 heteroatoms. The second-order valence-corrected chi connectivity index (χ2v) is 6.20. The monoisotopic (exact) mass is 353 g/mol. The molecule has 1 aliphatic heterocycles. The molecule has 2 rings (SSSR count). The maximum atomic E-state index is 12.1. The first-order chi connectivity index (χ1) is 10.1. The Morgan fingerprint density at radius 1 is 1.48 bits per heavy atom. The predicted octanol–water partition coefficient (Wildman–Crippen LogP) is 2.12. The van der Waals surface area contributed by atoms with Gasteiger partial charge in [0.25, 0.3) is 0 Å². The Bertz CT molecular complexity index is 522. The number of carbonyl (C=O) groups is 2. The zero-order valence-electron chi connectivity index (χ0n) is 12.1. The second kappa shape index (κ2) is 7.56. The van der Waals surface area contributed by atoms with Crippen LogP contribution in [0.1, 0.15) is 24.8 Å². The Morgan fingerprint density at radius 3 is 3.05 bits per heavy atom. The smallest absolute Gasteiger partial charge is 0.237 e. The fraction of sp³-hybridized carbons (Fsp3) is 0.467. The zero-order valence-corrected chi connectivity index (χ0v) is 13.6. The highest BCUT2D eigenvalue weighted by Crippen LogP contribution is 2.23. The molecule has 0 aliphatic carbocycles. The van der Waals surface area contributed by atoms with Gasteiger partial charge in [-0.05, 0) is 44.0 Å². The molecule has 2 N–H and O–H groups in total. The summed E-state index contributed by atoms with van der Waals surface area (Å²) in [7, 11) is 1.95.